The lowest BCUT2D eigenvalue weighted by atomic mass is 10.2. The van der Waals surface area contributed by atoms with Crippen LogP contribution in [0.15, 0.2) is 52.7 Å². The van der Waals surface area contributed by atoms with Crippen LogP contribution in [0.5, 0.6) is 17.4 Å². The van der Waals surface area contributed by atoms with E-state index in [1.807, 2.05) is 30.3 Å². The SMILES string of the molecule is COc1ccc(Cn2c(O)c(N=NC(N)=O)c3ccccc32)cc1OC. The van der Waals surface area contributed by atoms with Crippen LogP contribution >= 0.6 is 0 Å². The number of aromatic nitrogens is 1. The number of rotatable bonds is 5. The second-order valence-electron chi connectivity index (χ2n) is 5.50. The van der Waals surface area contributed by atoms with E-state index in [-0.39, 0.29) is 11.6 Å². The molecule has 0 spiro atoms. The lowest BCUT2D eigenvalue weighted by Gasteiger charge is -2.11. The summed E-state index contributed by atoms with van der Waals surface area (Å²) in [5.74, 6) is 1.11. The summed E-state index contributed by atoms with van der Waals surface area (Å²) in [7, 11) is 3.13. The fourth-order valence-corrected chi connectivity index (χ4v) is 2.79. The number of aromatic hydroxyl groups is 1. The van der Waals surface area contributed by atoms with Crippen LogP contribution in [0, 0.1) is 0 Å². The van der Waals surface area contributed by atoms with Crippen molar-refractivity contribution in [2.45, 2.75) is 6.54 Å². The number of nitrogens with zero attached hydrogens (tertiary/aromatic N) is 3. The molecule has 0 unspecified atom stereocenters. The molecule has 3 aromatic rings. The molecule has 0 radical (unpaired) electrons. The van der Waals surface area contributed by atoms with E-state index in [0.717, 1.165) is 11.1 Å². The number of carbonyl (C=O) groups excluding carboxylic acids is 1. The number of fused-ring (bicyclic) bond motifs is 1. The van der Waals surface area contributed by atoms with Crippen LogP contribution in [0.4, 0.5) is 10.5 Å². The number of para-hydroxylation sites is 1. The van der Waals surface area contributed by atoms with Crippen molar-refractivity contribution in [2.75, 3.05) is 14.2 Å². The van der Waals surface area contributed by atoms with E-state index in [1.165, 1.54) is 0 Å². The maximum atomic E-state index is 10.9. The molecular weight excluding hydrogens is 336 g/mol. The molecule has 0 aliphatic carbocycles. The molecule has 8 heteroatoms. The molecule has 0 bridgehead atoms. The average Bonchev–Trinajstić information content (AvgIpc) is 2.91. The maximum Gasteiger partial charge on any atom is 0.356 e. The fraction of sp³-hybridized carbons (Fsp3) is 0.167. The van der Waals surface area contributed by atoms with Crippen molar-refractivity contribution in [3.63, 3.8) is 0 Å². The summed E-state index contributed by atoms with van der Waals surface area (Å²) in [6, 6.07) is 11.9. The number of primary amides is 1. The number of hydrogen-bond acceptors (Lipinski definition) is 5. The molecule has 1 heterocycles. The Morgan fingerprint density at radius 1 is 1.15 bits per heavy atom. The zero-order valence-corrected chi connectivity index (χ0v) is 14.3. The van der Waals surface area contributed by atoms with Gasteiger partial charge in [-0.1, -0.05) is 29.4 Å². The van der Waals surface area contributed by atoms with Gasteiger partial charge >= 0.3 is 6.03 Å². The smallest absolute Gasteiger partial charge is 0.356 e. The topological polar surface area (TPSA) is 111 Å². The monoisotopic (exact) mass is 354 g/mol. The van der Waals surface area contributed by atoms with Gasteiger partial charge in [-0.3, -0.25) is 0 Å². The Labute approximate surface area is 149 Å². The molecule has 0 fully saturated rings. The van der Waals surface area contributed by atoms with Gasteiger partial charge in [-0.2, -0.15) is 0 Å². The zero-order valence-electron chi connectivity index (χ0n) is 14.3. The maximum absolute atomic E-state index is 10.9. The number of carbonyl (C=O) groups is 1. The van der Waals surface area contributed by atoms with Crippen LogP contribution in [0.2, 0.25) is 0 Å². The van der Waals surface area contributed by atoms with Gasteiger partial charge < -0.3 is 24.9 Å². The summed E-state index contributed by atoms with van der Waals surface area (Å²) >= 11 is 0. The number of urea groups is 1. The Morgan fingerprint density at radius 2 is 1.88 bits per heavy atom. The van der Waals surface area contributed by atoms with Gasteiger partial charge in [0.2, 0.25) is 5.88 Å². The Balaban J connectivity index is 2.08. The third kappa shape index (κ3) is 3.16. The molecular formula is C18H18N4O4. The first-order chi connectivity index (χ1) is 12.5. The minimum Gasteiger partial charge on any atom is -0.493 e. The van der Waals surface area contributed by atoms with Crippen molar-refractivity contribution in [3.05, 3.63) is 48.0 Å². The van der Waals surface area contributed by atoms with E-state index in [9.17, 15) is 9.90 Å². The van der Waals surface area contributed by atoms with Crippen molar-refractivity contribution in [1.82, 2.24) is 4.57 Å². The third-order valence-corrected chi connectivity index (χ3v) is 3.95. The Kier molecular flexibility index (Phi) is 4.74. The van der Waals surface area contributed by atoms with Gasteiger partial charge in [-0.15, -0.1) is 5.11 Å². The molecule has 2 aromatic carbocycles. The Morgan fingerprint density at radius 3 is 2.58 bits per heavy atom. The van der Waals surface area contributed by atoms with Crippen molar-refractivity contribution in [2.24, 2.45) is 16.0 Å². The summed E-state index contributed by atoms with van der Waals surface area (Å²) in [5, 5.41) is 18.4. The second kappa shape index (κ2) is 7.14. The van der Waals surface area contributed by atoms with Gasteiger partial charge in [-0.05, 0) is 23.8 Å². The average molecular weight is 354 g/mol. The predicted octanol–water partition coefficient (Wildman–Crippen LogP) is 3.57. The Hall–Kier alpha value is -3.55. The molecule has 0 aliphatic heterocycles. The third-order valence-electron chi connectivity index (χ3n) is 3.95. The van der Waals surface area contributed by atoms with Gasteiger partial charge in [0, 0.05) is 5.39 Å². The molecule has 26 heavy (non-hydrogen) atoms. The molecule has 0 aliphatic rings. The fourth-order valence-electron chi connectivity index (χ4n) is 2.79. The molecule has 1 aromatic heterocycles. The van der Waals surface area contributed by atoms with Crippen LogP contribution in [0.25, 0.3) is 10.9 Å². The van der Waals surface area contributed by atoms with Crippen LogP contribution in [-0.4, -0.2) is 29.9 Å². The van der Waals surface area contributed by atoms with Crippen LogP contribution < -0.4 is 15.2 Å². The summed E-state index contributed by atoms with van der Waals surface area (Å²) in [6.45, 7) is 0.360. The minimum absolute atomic E-state index is 0.106. The quantitative estimate of drug-likeness (QED) is 0.682. The van der Waals surface area contributed by atoms with E-state index in [2.05, 4.69) is 10.2 Å². The molecule has 3 N–H and O–H groups in total. The first kappa shape index (κ1) is 17.3. The van der Waals surface area contributed by atoms with Gasteiger partial charge in [-0.25, -0.2) is 4.79 Å². The van der Waals surface area contributed by atoms with Crippen molar-refractivity contribution in [3.8, 4) is 17.4 Å². The van der Waals surface area contributed by atoms with Crippen molar-refractivity contribution >= 4 is 22.6 Å². The molecule has 0 atom stereocenters. The molecule has 0 saturated carbocycles. The minimum atomic E-state index is -0.930. The standard InChI is InChI=1S/C18H18N4O4/c1-25-14-8-7-11(9-15(14)26-2)10-22-13-6-4-3-5-12(13)16(17(22)23)20-21-18(19)24/h3-9,23H,10H2,1-2H3,(H2,19,24). The largest absolute Gasteiger partial charge is 0.493 e. The molecule has 134 valence electrons. The number of nitrogens with two attached hydrogens (primary N) is 1. The van der Waals surface area contributed by atoms with Gasteiger partial charge in [0.25, 0.3) is 0 Å². The van der Waals surface area contributed by atoms with E-state index >= 15 is 0 Å². The zero-order chi connectivity index (χ0) is 18.7. The molecule has 8 nitrogen and oxygen atoms in total. The summed E-state index contributed by atoms with van der Waals surface area (Å²) in [6.07, 6.45) is 0. The summed E-state index contributed by atoms with van der Waals surface area (Å²) in [4.78, 5) is 10.9. The van der Waals surface area contributed by atoms with Crippen molar-refractivity contribution < 1.29 is 19.4 Å². The highest BCUT2D eigenvalue weighted by Gasteiger charge is 2.17. The normalized spacial score (nSPS) is 11.2. The number of methoxy groups -OCH3 is 2. The number of amides is 2. The van der Waals surface area contributed by atoms with E-state index in [1.54, 1.807) is 30.9 Å². The summed E-state index contributed by atoms with van der Waals surface area (Å²) in [5.41, 5.74) is 6.84. The lowest BCUT2D eigenvalue weighted by Crippen LogP contribution is -2.02. The van der Waals surface area contributed by atoms with E-state index in [4.69, 9.17) is 15.2 Å². The van der Waals surface area contributed by atoms with E-state index < -0.39 is 6.03 Å². The second-order valence-corrected chi connectivity index (χ2v) is 5.50. The number of azo groups is 1. The first-order valence-electron chi connectivity index (χ1n) is 7.77. The highest BCUT2D eigenvalue weighted by atomic mass is 16.5. The molecule has 0 saturated heterocycles. The van der Waals surface area contributed by atoms with Gasteiger partial charge in [0.05, 0.1) is 26.3 Å². The van der Waals surface area contributed by atoms with E-state index in [0.29, 0.717) is 23.4 Å². The van der Waals surface area contributed by atoms with Crippen molar-refractivity contribution in [1.29, 1.82) is 0 Å². The van der Waals surface area contributed by atoms with Crippen LogP contribution in [0.3, 0.4) is 0 Å². The highest BCUT2D eigenvalue weighted by Crippen LogP contribution is 2.39. The predicted molar refractivity (Wildman–Crippen MR) is 96.4 cm³/mol. The first-order valence-corrected chi connectivity index (χ1v) is 7.77. The Bertz CT molecular complexity index is 994. The van der Waals surface area contributed by atoms with Crippen LogP contribution in [0.1, 0.15) is 5.56 Å². The highest BCUT2D eigenvalue weighted by molar-refractivity contribution is 5.95. The number of hydrogen-bond donors (Lipinski definition) is 2. The van der Waals surface area contributed by atoms with Gasteiger partial charge in [0.15, 0.2) is 17.2 Å². The lowest BCUT2D eigenvalue weighted by molar-refractivity contribution is 0.255. The number of ether oxygens (including phenoxy) is 2. The van der Waals surface area contributed by atoms with Gasteiger partial charge in [0.1, 0.15) is 0 Å². The van der Waals surface area contributed by atoms with Crippen LogP contribution in [-0.2, 0) is 6.54 Å². The molecule has 3 rings (SSSR count). The summed E-state index contributed by atoms with van der Waals surface area (Å²) < 4.78 is 12.2. The number of benzene rings is 2. The molecule has 2 amide bonds.